The number of nitrogen functional groups attached to an aromatic ring is 2. The van der Waals surface area contributed by atoms with Gasteiger partial charge in [0.1, 0.15) is 0 Å². The van der Waals surface area contributed by atoms with E-state index >= 15 is 0 Å². The molecule has 2 rings (SSSR count). The molecule has 0 aliphatic carbocycles. The number of para-hydroxylation sites is 1. The maximum atomic E-state index is 5.81. The number of ether oxygens (including phenoxy) is 1. The number of methoxy groups -OCH3 is 1. The lowest BCUT2D eigenvalue weighted by atomic mass is 10.1. The Labute approximate surface area is 113 Å². The van der Waals surface area contributed by atoms with Crippen LogP contribution in [0.2, 0.25) is 0 Å². The number of anilines is 4. The maximum Gasteiger partial charge on any atom is 0.0568 e. The third-order valence-corrected chi connectivity index (χ3v) is 2.96. The first kappa shape index (κ1) is 13.2. The lowest BCUT2D eigenvalue weighted by Gasteiger charge is -2.13. The summed E-state index contributed by atoms with van der Waals surface area (Å²) in [5.74, 6) is 0. The van der Waals surface area contributed by atoms with Crippen LogP contribution in [0.1, 0.15) is 5.56 Å². The van der Waals surface area contributed by atoms with Crippen molar-refractivity contribution in [3.05, 3.63) is 48.0 Å². The summed E-state index contributed by atoms with van der Waals surface area (Å²) in [4.78, 5) is 0. The Bertz CT molecular complexity index is 555. The predicted octanol–water partition coefficient (Wildman–Crippen LogP) is 2.78. The second-order valence-electron chi connectivity index (χ2n) is 4.37. The molecule has 2 aromatic rings. The zero-order valence-electron chi connectivity index (χ0n) is 11.0. The van der Waals surface area contributed by atoms with Crippen LogP contribution in [0.25, 0.3) is 0 Å². The quantitative estimate of drug-likeness (QED) is 0.720. The molecule has 0 saturated heterocycles. The molecular weight excluding hydrogens is 238 g/mol. The third kappa shape index (κ3) is 3.39. The standard InChI is InChI=1S/C15H19N3O/c1-19-9-8-11-4-2-3-5-15(11)18-12-6-7-13(16)14(17)10-12/h2-7,10,18H,8-9,16-17H2,1H3. The zero-order valence-corrected chi connectivity index (χ0v) is 11.0. The minimum Gasteiger partial charge on any atom is -0.397 e. The lowest BCUT2D eigenvalue weighted by Crippen LogP contribution is -2.01. The topological polar surface area (TPSA) is 73.3 Å². The summed E-state index contributed by atoms with van der Waals surface area (Å²) in [5.41, 5.74) is 15.9. The average Bonchev–Trinajstić information content (AvgIpc) is 2.42. The molecule has 0 bridgehead atoms. The first-order valence-corrected chi connectivity index (χ1v) is 6.19. The summed E-state index contributed by atoms with van der Waals surface area (Å²) < 4.78 is 5.12. The van der Waals surface area contributed by atoms with E-state index in [0.717, 1.165) is 17.8 Å². The second-order valence-corrected chi connectivity index (χ2v) is 4.37. The van der Waals surface area contributed by atoms with Gasteiger partial charge in [-0.3, -0.25) is 0 Å². The van der Waals surface area contributed by atoms with Gasteiger partial charge in [0.15, 0.2) is 0 Å². The van der Waals surface area contributed by atoms with Crippen molar-refractivity contribution < 1.29 is 4.74 Å². The fraction of sp³-hybridized carbons (Fsp3) is 0.200. The summed E-state index contributed by atoms with van der Waals surface area (Å²) >= 11 is 0. The Kier molecular flexibility index (Phi) is 4.26. The molecule has 0 aliphatic rings. The van der Waals surface area contributed by atoms with Crippen molar-refractivity contribution in [2.75, 3.05) is 30.5 Å². The van der Waals surface area contributed by atoms with Crippen LogP contribution in [0.15, 0.2) is 42.5 Å². The Morgan fingerprint density at radius 3 is 2.58 bits per heavy atom. The van der Waals surface area contributed by atoms with E-state index in [1.54, 1.807) is 13.2 Å². The number of nitrogens with one attached hydrogen (secondary N) is 1. The Morgan fingerprint density at radius 2 is 1.84 bits per heavy atom. The van der Waals surface area contributed by atoms with Crippen molar-refractivity contribution in [1.82, 2.24) is 0 Å². The molecule has 0 unspecified atom stereocenters. The minimum atomic E-state index is 0.583. The first-order chi connectivity index (χ1) is 9.20. The van der Waals surface area contributed by atoms with Crippen molar-refractivity contribution in [3.63, 3.8) is 0 Å². The van der Waals surface area contributed by atoms with Gasteiger partial charge in [0.2, 0.25) is 0 Å². The molecular formula is C15H19N3O. The van der Waals surface area contributed by atoms with Crippen molar-refractivity contribution >= 4 is 22.7 Å². The van der Waals surface area contributed by atoms with E-state index in [9.17, 15) is 0 Å². The molecule has 0 radical (unpaired) electrons. The molecule has 19 heavy (non-hydrogen) atoms. The molecule has 4 nitrogen and oxygen atoms in total. The molecule has 0 aliphatic heterocycles. The van der Waals surface area contributed by atoms with Crippen molar-refractivity contribution in [3.8, 4) is 0 Å². The van der Waals surface area contributed by atoms with E-state index in [2.05, 4.69) is 11.4 Å². The van der Waals surface area contributed by atoms with Gasteiger partial charge in [-0.1, -0.05) is 18.2 Å². The van der Waals surface area contributed by atoms with Crippen LogP contribution in [0.4, 0.5) is 22.7 Å². The maximum absolute atomic E-state index is 5.81. The van der Waals surface area contributed by atoms with Crippen LogP contribution in [0.5, 0.6) is 0 Å². The molecule has 4 heteroatoms. The van der Waals surface area contributed by atoms with Crippen LogP contribution >= 0.6 is 0 Å². The number of benzene rings is 2. The number of hydrogen-bond acceptors (Lipinski definition) is 4. The van der Waals surface area contributed by atoms with Crippen molar-refractivity contribution in [1.29, 1.82) is 0 Å². The predicted molar refractivity (Wildman–Crippen MR) is 80.6 cm³/mol. The molecule has 0 aromatic heterocycles. The summed E-state index contributed by atoms with van der Waals surface area (Å²) in [6.07, 6.45) is 0.865. The molecule has 100 valence electrons. The fourth-order valence-corrected chi connectivity index (χ4v) is 1.88. The molecule has 0 amide bonds. The molecule has 5 N–H and O–H groups in total. The summed E-state index contributed by atoms with van der Waals surface area (Å²) in [7, 11) is 1.71. The number of nitrogens with two attached hydrogens (primary N) is 2. The van der Waals surface area contributed by atoms with Gasteiger partial charge >= 0.3 is 0 Å². The van der Waals surface area contributed by atoms with Gasteiger partial charge in [0, 0.05) is 18.5 Å². The molecule has 0 heterocycles. The van der Waals surface area contributed by atoms with E-state index in [4.69, 9.17) is 16.2 Å². The van der Waals surface area contributed by atoms with Crippen molar-refractivity contribution in [2.45, 2.75) is 6.42 Å². The van der Waals surface area contributed by atoms with E-state index in [1.807, 2.05) is 30.3 Å². The van der Waals surface area contributed by atoms with Gasteiger partial charge in [0.25, 0.3) is 0 Å². The van der Waals surface area contributed by atoms with Gasteiger partial charge in [-0.15, -0.1) is 0 Å². The van der Waals surface area contributed by atoms with Crippen LogP contribution < -0.4 is 16.8 Å². The van der Waals surface area contributed by atoms with Gasteiger partial charge in [-0.2, -0.15) is 0 Å². The average molecular weight is 257 g/mol. The van der Waals surface area contributed by atoms with E-state index in [-0.39, 0.29) is 0 Å². The highest BCUT2D eigenvalue weighted by Crippen LogP contribution is 2.25. The molecule has 0 spiro atoms. The monoisotopic (exact) mass is 257 g/mol. The number of rotatable bonds is 5. The summed E-state index contributed by atoms with van der Waals surface area (Å²) in [6.45, 7) is 0.697. The summed E-state index contributed by atoms with van der Waals surface area (Å²) in [5, 5.41) is 3.36. The Hall–Kier alpha value is -2.20. The Balaban J connectivity index is 2.20. The summed E-state index contributed by atoms with van der Waals surface area (Å²) in [6, 6.07) is 13.7. The van der Waals surface area contributed by atoms with Crippen LogP contribution in [0, 0.1) is 0 Å². The lowest BCUT2D eigenvalue weighted by molar-refractivity contribution is 0.202. The highest BCUT2D eigenvalue weighted by Gasteiger charge is 2.03. The van der Waals surface area contributed by atoms with Crippen LogP contribution in [0.3, 0.4) is 0 Å². The van der Waals surface area contributed by atoms with Gasteiger partial charge in [-0.05, 0) is 36.2 Å². The second kappa shape index (κ2) is 6.11. The first-order valence-electron chi connectivity index (χ1n) is 6.19. The SMILES string of the molecule is COCCc1ccccc1Nc1ccc(N)c(N)c1. The van der Waals surface area contributed by atoms with Gasteiger partial charge in [0.05, 0.1) is 18.0 Å². The zero-order chi connectivity index (χ0) is 13.7. The van der Waals surface area contributed by atoms with Crippen LogP contribution in [-0.4, -0.2) is 13.7 Å². The van der Waals surface area contributed by atoms with Crippen LogP contribution in [-0.2, 0) is 11.2 Å². The van der Waals surface area contributed by atoms with E-state index in [1.165, 1.54) is 5.56 Å². The molecule has 0 fully saturated rings. The normalized spacial score (nSPS) is 10.4. The molecule has 0 atom stereocenters. The van der Waals surface area contributed by atoms with E-state index in [0.29, 0.717) is 18.0 Å². The molecule has 0 saturated carbocycles. The highest BCUT2D eigenvalue weighted by molar-refractivity contribution is 5.73. The number of hydrogen-bond donors (Lipinski definition) is 3. The van der Waals surface area contributed by atoms with E-state index < -0.39 is 0 Å². The minimum absolute atomic E-state index is 0.583. The fourth-order valence-electron chi connectivity index (χ4n) is 1.88. The Morgan fingerprint density at radius 1 is 1.05 bits per heavy atom. The smallest absolute Gasteiger partial charge is 0.0568 e. The van der Waals surface area contributed by atoms with Crippen molar-refractivity contribution in [2.24, 2.45) is 0 Å². The largest absolute Gasteiger partial charge is 0.397 e. The van der Waals surface area contributed by atoms with Gasteiger partial charge < -0.3 is 21.5 Å². The third-order valence-electron chi connectivity index (χ3n) is 2.96. The van der Waals surface area contributed by atoms with Gasteiger partial charge in [-0.25, -0.2) is 0 Å². The highest BCUT2D eigenvalue weighted by atomic mass is 16.5. The molecule has 2 aromatic carbocycles.